The summed E-state index contributed by atoms with van der Waals surface area (Å²) in [6.07, 6.45) is 7.15. The van der Waals surface area contributed by atoms with Crippen molar-refractivity contribution in [2.75, 3.05) is 19.5 Å². The average Bonchev–Trinajstić information content (AvgIpc) is 3.62. The fourth-order valence-electron chi connectivity index (χ4n) is 5.36. The molecular formula is C31H33N3O6S. The molecule has 2 amide bonds. The number of hydrogen-bond acceptors (Lipinski definition) is 6. The monoisotopic (exact) mass is 575 g/mol. The molecule has 2 N–H and O–H groups in total. The third kappa shape index (κ3) is 6.38. The number of para-hydroxylation sites is 1. The molecule has 0 unspecified atom stereocenters. The van der Waals surface area contributed by atoms with Gasteiger partial charge in [0.2, 0.25) is 5.91 Å². The Balaban J connectivity index is 1.32. The predicted molar refractivity (Wildman–Crippen MR) is 157 cm³/mol. The quantitative estimate of drug-likeness (QED) is 0.264. The second-order valence-corrected chi connectivity index (χ2v) is 11.9. The van der Waals surface area contributed by atoms with Gasteiger partial charge < -0.3 is 19.4 Å². The van der Waals surface area contributed by atoms with Crippen LogP contribution in [0.5, 0.6) is 11.5 Å². The number of carbonyl (C=O) groups is 2. The van der Waals surface area contributed by atoms with Crippen LogP contribution in [0.2, 0.25) is 0 Å². The van der Waals surface area contributed by atoms with Crippen LogP contribution in [0.3, 0.4) is 0 Å². The van der Waals surface area contributed by atoms with E-state index in [0.717, 1.165) is 35.0 Å². The number of anilines is 1. The van der Waals surface area contributed by atoms with E-state index in [4.69, 9.17) is 9.47 Å². The first-order valence-electron chi connectivity index (χ1n) is 13.5. The van der Waals surface area contributed by atoms with Crippen molar-refractivity contribution in [1.82, 2.24) is 9.29 Å². The zero-order chi connectivity index (χ0) is 29.0. The van der Waals surface area contributed by atoms with E-state index in [0.29, 0.717) is 24.6 Å². The van der Waals surface area contributed by atoms with Gasteiger partial charge in [-0.2, -0.15) is 0 Å². The van der Waals surface area contributed by atoms with Crippen molar-refractivity contribution in [2.24, 2.45) is 5.92 Å². The molecule has 1 saturated carbocycles. The van der Waals surface area contributed by atoms with E-state index in [-0.39, 0.29) is 22.1 Å². The van der Waals surface area contributed by atoms with Crippen molar-refractivity contribution < 1.29 is 27.5 Å². The first kappa shape index (κ1) is 28.2. The number of nitrogens with one attached hydrogen (secondary N) is 2. The number of methoxy groups -OCH3 is 2. The van der Waals surface area contributed by atoms with Crippen molar-refractivity contribution in [3.05, 3.63) is 84.1 Å². The second-order valence-electron chi connectivity index (χ2n) is 10.2. The smallest absolute Gasteiger partial charge is 0.268 e. The minimum Gasteiger partial charge on any atom is -0.496 e. The van der Waals surface area contributed by atoms with Crippen LogP contribution in [-0.2, 0) is 21.4 Å². The first-order chi connectivity index (χ1) is 19.8. The lowest BCUT2D eigenvalue weighted by atomic mass is 10.0. The van der Waals surface area contributed by atoms with Gasteiger partial charge in [-0.3, -0.25) is 9.59 Å². The number of amides is 2. The van der Waals surface area contributed by atoms with E-state index in [1.807, 2.05) is 35.0 Å². The van der Waals surface area contributed by atoms with E-state index in [9.17, 15) is 18.0 Å². The Hall–Kier alpha value is -4.31. The fraction of sp³-hybridized carbons (Fsp3) is 0.290. The Bertz CT molecular complexity index is 1690. The molecule has 214 valence electrons. The summed E-state index contributed by atoms with van der Waals surface area (Å²) in [5, 5.41) is 4.07. The lowest BCUT2D eigenvalue weighted by molar-refractivity contribution is -0.117. The number of carbonyl (C=O) groups excluding carboxylic acids is 2. The Morgan fingerprint density at radius 3 is 2.44 bits per heavy atom. The molecule has 0 atom stereocenters. The SMILES string of the molecule is COc1cc(C(=O)NS(=O)(=O)c2ccccc2OC)ccc1Cn1ccc2ccc(NC(=O)CC3CCCC3)cc21. The number of nitrogens with zero attached hydrogens (tertiary/aromatic N) is 1. The summed E-state index contributed by atoms with van der Waals surface area (Å²) in [7, 11) is -1.30. The molecule has 1 aliphatic rings. The molecule has 0 aliphatic heterocycles. The minimum absolute atomic E-state index is 0.0395. The van der Waals surface area contributed by atoms with Gasteiger partial charge in [0.1, 0.15) is 16.4 Å². The number of hydrogen-bond donors (Lipinski definition) is 2. The van der Waals surface area contributed by atoms with Crippen LogP contribution >= 0.6 is 0 Å². The average molecular weight is 576 g/mol. The Morgan fingerprint density at radius 1 is 0.927 bits per heavy atom. The highest BCUT2D eigenvalue weighted by Crippen LogP contribution is 2.29. The van der Waals surface area contributed by atoms with E-state index in [2.05, 4.69) is 10.0 Å². The number of benzene rings is 3. The number of rotatable bonds is 10. The standard InChI is InChI=1S/C31H33N3O6S/c1-39-27-9-5-6-10-29(27)41(37,38)33-31(36)23-11-12-24(28(18-23)40-2)20-34-16-15-22-13-14-25(19-26(22)34)32-30(35)17-21-7-3-4-8-21/h5-6,9-16,18-19,21H,3-4,7-8,17,20H2,1-2H3,(H,32,35)(H,33,36). The maximum absolute atomic E-state index is 12.9. The number of ether oxygens (including phenoxy) is 2. The molecule has 0 saturated heterocycles. The van der Waals surface area contributed by atoms with Crippen LogP contribution in [0.4, 0.5) is 5.69 Å². The summed E-state index contributed by atoms with van der Waals surface area (Å²) < 4.78 is 40.6. The maximum Gasteiger partial charge on any atom is 0.268 e. The van der Waals surface area contributed by atoms with Crippen molar-refractivity contribution in [3.8, 4) is 11.5 Å². The van der Waals surface area contributed by atoms with E-state index < -0.39 is 15.9 Å². The summed E-state index contributed by atoms with van der Waals surface area (Å²) in [6.45, 7) is 0.438. The zero-order valence-corrected chi connectivity index (χ0v) is 23.9. The van der Waals surface area contributed by atoms with Gasteiger partial charge in [0.15, 0.2) is 0 Å². The second kappa shape index (κ2) is 12.1. The van der Waals surface area contributed by atoms with Crippen LogP contribution in [-0.4, -0.2) is 39.0 Å². The van der Waals surface area contributed by atoms with Crippen molar-refractivity contribution in [3.63, 3.8) is 0 Å². The molecule has 5 rings (SSSR count). The number of sulfonamides is 1. The van der Waals surface area contributed by atoms with E-state index in [1.54, 1.807) is 24.3 Å². The molecule has 0 radical (unpaired) electrons. The van der Waals surface area contributed by atoms with Gasteiger partial charge >= 0.3 is 0 Å². The topological polar surface area (TPSA) is 116 Å². The highest BCUT2D eigenvalue weighted by Gasteiger charge is 2.23. The summed E-state index contributed by atoms with van der Waals surface area (Å²) >= 11 is 0. The number of fused-ring (bicyclic) bond motifs is 1. The molecule has 1 aliphatic carbocycles. The molecule has 0 spiro atoms. The summed E-state index contributed by atoms with van der Waals surface area (Å²) in [5.74, 6) is 0.301. The van der Waals surface area contributed by atoms with E-state index in [1.165, 1.54) is 45.3 Å². The van der Waals surface area contributed by atoms with Crippen LogP contribution < -0.4 is 19.5 Å². The zero-order valence-electron chi connectivity index (χ0n) is 23.1. The molecule has 0 bridgehead atoms. The number of aromatic nitrogens is 1. The lowest BCUT2D eigenvalue weighted by Gasteiger charge is -2.14. The van der Waals surface area contributed by atoms with Crippen LogP contribution in [0.1, 0.15) is 48.0 Å². The summed E-state index contributed by atoms with van der Waals surface area (Å²) in [6, 6.07) is 18.7. The Kier molecular flexibility index (Phi) is 8.30. The lowest BCUT2D eigenvalue weighted by Crippen LogP contribution is -2.30. The Morgan fingerprint density at radius 2 is 1.68 bits per heavy atom. The maximum atomic E-state index is 12.9. The van der Waals surface area contributed by atoms with Crippen LogP contribution in [0, 0.1) is 5.92 Å². The third-order valence-corrected chi connectivity index (χ3v) is 8.85. The summed E-state index contributed by atoms with van der Waals surface area (Å²) in [4.78, 5) is 25.4. The van der Waals surface area contributed by atoms with Gasteiger partial charge in [0, 0.05) is 29.4 Å². The molecule has 9 nitrogen and oxygen atoms in total. The molecule has 3 aromatic carbocycles. The van der Waals surface area contributed by atoms with Gasteiger partial charge in [-0.1, -0.05) is 37.1 Å². The van der Waals surface area contributed by atoms with Gasteiger partial charge in [0.25, 0.3) is 15.9 Å². The predicted octanol–water partition coefficient (Wildman–Crippen LogP) is 5.34. The molecule has 1 heterocycles. The largest absolute Gasteiger partial charge is 0.496 e. The van der Waals surface area contributed by atoms with Crippen molar-refractivity contribution in [1.29, 1.82) is 0 Å². The summed E-state index contributed by atoms with van der Waals surface area (Å²) in [5.41, 5.74) is 2.62. The van der Waals surface area contributed by atoms with Crippen molar-refractivity contribution in [2.45, 2.75) is 43.5 Å². The van der Waals surface area contributed by atoms with Crippen LogP contribution in [0.15, 0.2) is 77.8 Å². The van der Waals surface area contributed by atoms with Crippen LogP contribution in [0.25, 0.3) is 10.9 Å². The third-order valence-electron chi connectivity index (χ3n) is 7.48. The minimum atomic E-state index is -4.16. The van der Waals surface area contributed by atoms with Gasteiger partial charge in [0.05, 0.1) is 26.3 Å². The van der Waals surface area contributed by atoms with Gasteiger partial charge in [-0.05, 0) is 66.6 Å². The van der Waals surface area contributed by atoms with E-state index >= 15 is 0 Å². The molecule has 1 aromatic heterocycles. The van der Waals surface area contributed by atoms with Gasteiger partial charge in [-0.25, -0.2) is 13.1 Å². The fourth-order valence-corrected chi connectivity index (χ4v) is 6.51. The van der Waals surface area contributed by atoms with Crippen molar-refractivity contribution >= 4 is 38.4 Å². The highest BCUT2D eigenvalue weighted by molar-refractivity contribution is 7.90. The molecule has 1 fully saturated rings. The highest BCUT2D eigenvalue weighted by atomic mass is 32.2. The first-order valence-corrected chi connectivity index (χ1v) is 15.0. The molecule has 41 heavy (non-hydrogen) atoms. The molecule has 10 heteroatoms. The normalized spacial score (nSPS) is 13.7. The molecule has 4 aromatic rings. The van der Waals surface area contributed by atoms with Gasteiger partial charge in [-0.15, -0.1) is 0 Å². The molecular weight excluding hydrogens is 542 g/mol. The Labute approximate surface area is 239 Å².